The SMILES string of the molecule is CC1(C)C2CCC1C(c1ccc(O)cc1)(c1ccc(O)cc1)C2. The van der Waals surface area contributed by atoms with Gasteiger partial charge in [-0.25, -0.2) is 0 Å². The van der Waals surface area contributed by atoms with Crippen LogP contribution in [0.4, 0.5) is 0 Å². The molecule has 2 atom stereocenters. The Hall–Kier alpha value is -1.96. The van der Waals surface area contributed by atoms with Gasteiger partial charge in [0.1, 0.15) is 11.5 Å². The van der Waals surface area contributed by atoms with Crippen molar-refractivity contribution in [3.05, 3.63) is 59.7 Å². The van der Waals surface area contributed by atoms with E-state index < -0.39 is 0 Å². The van der Waals surface area contributed by atoms with Crippen molar-refractivity contribution < 1.29 is 10.2 Å². The van der Waals surface area contributed by atoms with Crippen molar-refractivity contribution in [3.8, 4) is 11.5 Å². The van der Waals surface area contributed by atoms with Crippen LogP contribution in [0, 0.1) is 17.3 Å². The fraction of sp³-hybridized carbons (Fsp3) is 0.429. The molecule has 2 N–H and O–H groups in total. The summed E-state index contributed by atoms with van der Waals surface area (Å²) >= 11 is 0. The highest BCUT2D eigenvalue weighted by molar-refractivity contribution is 5.47. The molecule has 2 nitrogen and oxygen atoms in total. The van der Waals surface area contributed by atoms with Gasteiger partial charge in [-0.3, -0.25) is 0 Å². The summed E-state index contributed by atoms with van der Waals surface area (Å²) < 4.78 is 0. The maximum Gasteiger partial charge on any atom is 0.115 e. The summed E-state index contributed by atoms with van der Waals surface area (Å²) in [5.41, 5.74) is 2.91. The molecule has 0 radical (unpaired) electrons. The Morgan fingerprint density at radius 1 is 0.783 bits per heavy atom. The molecule has 2 aliphatic carbocycles. The number of fused-ring (bicyclic) bond motifs is 2. The molecule has 4 rings (SSSR count). The summed E-state index contributed by atoms with van der Waals surface area (Å²) in [6.07, 6.45) is 3.72. The lowest BCUT2D eigenvalue weighted by atomic mass is 9.62. The first-order valence-corrected chi connectivity index (χ1v) is 8.53. The average Bonchev–Trinajstić information content (AvgIpc) is 2.95. The topological polar surface area (TPSA) is 40.5 Å². The minimum absolute atomic E-state index is 0.00613. The Bertz CT molecular complexity index is 667. The maximum absolute atomic E-state index is 9.69. The molecule has 2 unspecified atom stereocenters. The lowest BCUT2D eigenvalue weighted by Crippen LogP contribution is -2.36. The van der Waals surface area contributed by atoms with Gasteiger partial charge in [0.05, 0.1) is 0 Å². The molecular formula is C21H24O2. The van der Waals surface area contributed by atoms with E-state index in [0.29, 0.717) is 22.8 Å². The number of rotatable bonds is 2. The van der Waals surface area contributed by atoms with Crippen molar-refractivity contribution in [3.63, 3.8) is 0 Å². The highest BCUT2D eigenvalue weighted by Crippen LogP contribution is 2.68. The molecule has 120 valence electrons. The monoisotopic (exact) mass is 308 g/mol. The Labute approximate surface area is 137 Å². The van der Waals surface area contributed by atoms with E-state index in [1.54, 1.807) is 24.3 Å². The standard InChI is InChI=1S/C21H24O2/c1-20(2)16-7-12-19(20)21(13-16,14-3-8-17(22)9-4-14)15-5-10-18(23)11-6-15/h3-6,8-11,16,19,22-23H,7,12-13H2,1-2H3. The van der Waals surface area contributed by atoms with Gasteiger partial charge in [-0.05, 0) is 71.9 Å². The summed E-state index contributed by atoms with van der Waals surface area (Å²) in [6, 6.07) is 15.5. The molecule has 2 aromatic rings. The molecule has 2 fully saturated rings. The van der Waals surface area contributed by atoms with Gasteiger partial charge in [0.15, 0.2) is 0 Å². The van der Waals surface area contributed by atoms with Gasteiger partial charge in [0.2, 0.25) is 0 Å². The summed E-state index contributed by atoms with van der Waals surface area (Å²) in [6.45, 7) is 4.83. The summed E-state index contributed by atoms with van der Waals surface area (Å²) in [5, 5.41) is 19.4. The highest BCUT2D eigenvalue weighted by atomic mass is 16.3. The number of phenolic OH excluding ortho intramolecular Hbond substituents is 2. The average molecular weight is 308 g/mol. The predicted molar refractivity (Wildman–Crippen MR) is 91.6 cm³/mol. The zero-order chi connectivity index (χ0) is 16.2. The van der Waals surface area contributed by atoms with Gasteiger partial charge < -0.3 is 10.2 Å². The Kier molecular flexibility index (Phi) is 3.03. The quantitative estimate of drug-likeness (QED) is 0.833. The predicted octanol–water partition coefficient (Wildman–Crippen LogP) is 4.84. The maximum atomic E-state index is 9.69. The molecule has 0 aliphatic heterocycles. The molecule has 0 heterocycles. The lowest BCUT2D eigenvalue weighted by molar-refractivity contribution is 0.229. The lowest BCUT2D eigenvalue weighted by Gasteiger charge is -2.41. The third-order valence-electron chi connectivity index (χ3n) is 6.68. The number of hydrogen-bond acceptors (Lipinski definition) is 2. The van der Waals surface area contributed by atoms with Crippen LogP contribution < -0.4 is 0 Å². The van der Waals surface area contributed by atoms with Crippen LogP contribution >= 0.6 is 0 Å². The Balaban J connectivity index is 1.92. The minimum Gasteiger partial charge on any atom is -0.508 e. The molecule has 0 spiro atoms. The second kappa shape index (κ2) is 4.77. The molecule has 0 saturated heterocycles. The second-order valence-corrected chi connectivity index (χ2v) is 7.92. The van der Waals surface area contributed by atoms with Crippen LogP contribution in [-0.2, 0) is 5.41 Å². The van der Waals surface area contributed by atoms with Gasteiger partial charge in [-0.2, -0.15) is 0 Å². The number of hydrogen-bond donors (Lipinski definition) is 2. The van der Waals surface area contributed by atoms with Gasteiger partial charge in [0.25, 0.3) is 0 Å². The zero-order valence-electron chi connectivity index (χ0n) is 13.8. The first-order valence-electron chi connectivity index (χ1n) is 8.53. The van der Waals surface area contributed by atoms with E-state index in [0.717, 1.165) is 12.3 Å². The van der Waals surface area contributed by atoms with E-state index in [-0.39, 0.29) is 5.41 Å². The zero-order valence-corrected chi connectivity index (χ0v) is 13.8. The second-order valence-electron chi connectivity index (χ2n) is 7.92. The Morgan fingerprint density at radius 3 is 1.61 bits per heavy atom. The highest BCUT2D eigenvalue weighted by Gasteiger charge is 2.62. The minimum atomic E-state index is -0.00613. The van der Waals surface area contributed by atoms with Crippen LogP contribution in [0.1, 0.15) is 44.2 Å². The van der Waals surface area contributed by atoms with E-state index in [1.807, 2.05) is 0 Å². The fourth-order valence-corrected chi connectivity index (χ4v) is 5.50. The molecule has 2 heteroatoms. The van der Waals surface area contributed by atoms with Crippen LogP contribution in [0.5, 0.6) is 11.5 Å². The summed E-state index contributed by atoms with van der Waals surface area (Å²) in [5.74, 6) is 1.96. The van der Waals surface area contributed by atoms with Crippen molar-refractivity contribution >= 4 is 0 Å². The number of benzene rings is 2. The Morgan fingerprint density at radius 2 is 1.26 bits per heavy atom. The molecule has 2 bridgehead atoms. The van der Waals surface area contributed by atoms with Crippen LogP contribution in [0.15, 0.2) is 48.5 Å². The van der Waals surface area contributed by atoms with Crippen molar-refractivity contribution in [2.45, 2.75) is 38.5 Å². The van der Waals surface area contributed by atoms with Gasteiger partial charge >= 0.3 is 0 Å². The van der Waals surface area contributed by atoms with Gasteiger partial charge in [0, 0.05) is 5.41 Å². The number of aromatic hydroxyl groups is 2. The normalized spacial score (nSPS) is 27.2. The van der Waals surface area contributed by atoms with Crippen molar-refractivity contribution in [1.82, 2.24) is 0 Å². The molecule has 0 aromatic heterocycles. The van der Waals surface area contributed by atoms with E-state index >= 15 is 0 Å². The molecular weight excluding hydrogens is 284 g/mol. The van der Waals surface area contributed by atoms with Crippen LogP contribution in [-0.4, -0.2) is 10.2 Å². The molecule has 2 aliphatic rings. The van der Waals surface area contributed by atoms with Crippen molar-refractivity contribution in [1.29, 1.82) is 0 Å². The van der Waals surface area contributed by atoms with Gasteiger partial charge in [-0.1, -0.05) is 38.1 Å². The van der Waals surface area contributed by atoms with Crippen LogP contribution in [0.2, 0.25) is 0 Å². The van der Waals surface area contributed by atoms with E-state index in [2.05, 4.69) is 38.1 Å². The smallest absolute Gasteiger partial charge is 0.115 e. The number of phenols is 2. The molecule has 0 amide bonds. The third kappa shape index (κ3) is 1.94. The van der Waals surface area contributed by atoms with Crippen LogP contribution in [0.25, 0.3) is 0 Å². The summed E-state index contributed by atoms with van der Waals surface area (Å²) in [4.78, 5) is 0. The van der Waals surface area contributed by atoms with Gasteiger partial charge in [-0.15, -0.1) is 0 Å². The van der Waals surface area contributed by atoms with Crippen molar-refractivity contribution in [2.24, 2.45) is 17.3 Å². The van der Waals surface area contributed by atoms with Crippen LogP contribution in [0.3, 0.4) is 0 Å². The molecule has 2 aromatic carbocycles. The summed E-state index contributed by atoms with van der Waals surface area (Å²) in [7, 11) is 0. The first-order chi connectivity index (χ1) is 10.9. The largest absolute Gasteiger partial charge is 0.508 e. The van der Waals surface area contributed by atoms with E-state index in [4.69, 9.17) is 0 Å². The van der Waals surface area contributed by atoms with Crippen molar-refractivity contribution in [2.75, 3.05) is 0 Å². The van der Waals surface area contributed by atoms with E-state index in [9.17, 15) is 10.2 Å². The fourth-order valence-electron chi connectivity index (χ4n) is 5.50. The molecule has 2 saturated carbocycles. The van der Waals surface area contributed by atoms with E-state index in [1.165, 1.54) is 24.0 Å². The third-order valence-corrected chi connectivity index (χ3v) is 6.68. The first kappa shape index (κ1) is 14.6. The molecule has 23 heavy (non-hydrogen) atoms.